The third-order valence-corrected chi connectivity index (χ3v) is 6.16. The van der Waals surface area contributed by atoms with Crippen LogP contribution in [0.1, 0.15) is 33.5 Å². The van der Waals surface area contributed by atoms with Crippen LogP contribution in [0.15, 0.2) is 35.2 Å². The van der Waals surface area contributed by atoms with E-state index in [9.17, 15) is 18.0 Å². The lowest BCUT2D eigenvalue weighted by molar-refractivity contribution is -0.123. The van der Waals surface area contributed by atoms with E-state index >= 15 is 0 Å². The molecule has 1 aliphatic carbocycles. The minimum Gasteiger partial charge on any atom is -0.448 e. The minimum absolute atomic E-state index is 0.118. The van der Waals surface area contributed by atoms with E-state index in [0.717, 1.165) is 19.3 Å². The Morgan fingerprint density at radius 1 is 1.27 bits per heavy atom. The molecule has 0 fully saturated rings. The number of carbonyl (C=O) groups excluding carboxylic acids is 2. The molecule has 1 heterocycles. The number of ether oxygens (including phenoxy) is 1. The predicted molar refractivity (Wildman–Crippen MR) is 97.7 cm³/mol. The first-order valence-corrected chi connectivity index (χ1v) is 10.4. The van der Waals surface area contributed by atoms with Gasteiger partial charge in [0.1, 0.15) is 4.88 Å². The number of thiophene rings is 1. The maximum atomic E-state index is 12.2. The number of primary sulfonamides is 1. The Labute approximate surface area is 155 Å². The molecule has 3 N–H and O–H groups in total. The summed E-state index contributed by atoms with van der Waals surface area (Å²) in [4.78, 5) is 26.0. The quantitative estimate of drug-likeness (QED) is 0.753. The van der Waals surface area contributed by atoms with Crippen molar-refractivity contribution in [1.29, 1.82) is 0 Å². The SMILES string of the molecule is CC(OC(=O)c1cc2c(s1)CCC2)C(=O)Nc1cccc(S(N)(=O)=O)c1. The molecule has 26 heavy (non-hydrogen) atoms. The van der Waals surface area contributed by atoms with Crippen LogP contribution in [0.25, 0.3) is 0 Å². The molecule has 1 atom stereocenters. The number of amides is 1. The topological polar surface area (TPSA) is 116 Å². The van der Waals surface area contributed by atoms with Crippen molar-refractivity contribution in [1.82, 2.24) is 0 Å². The first-order chi connectivity index (χ1) is 12.2. The van der Waals surface area contributed by atoms with Gasteiger partial charge in [-0.3, -0.25) is 4.79 Å². The highest BCUT2D eigenvalue weighted by molar-refractivity contribution is 7.89. The monoisotopic (exact) mass is 394 g/mol. The summed E-state index contributed by atoms with van der Waals surface area (Å²) in [5, 5.41) is 7.59. The Morgan fingerprint density at radius 3 is 2.73 bits per heavy atom. The van der Waals surface area contributed by atoms with Crippen molar-refractivity contribution >= 4 is 38.9 Å². The second-order valence-electron chi connectivity index (χ2n) is 6.02. The summed E-state index contributed by atoms with van der Waals surface area (Å²) in [6.07, 6.45) is 2.02. The first-order valence-electron chi connectivity index (χ1n) is 8.00. The van der Waals surface area contributed by atoms with Gasteiger partial charge in [0.25, 0.3) is 5.91 Å². The van der Waals surface area contributed by atoms with E-state index in [1.165, 1.54) is 53.0 Å². The van der Waals surface area contributed by atoms with Gasteiger partial charge in [0, 0.05) is 10.6 Å². The van der Waals surface area contributed by atoms with Crippen molar-refractivity contribution in [2.24, 2.45) is 5.14 Å². The van der Waals surface area contributed by atoms with Crippen LogP contribution in [0, 0.1) is 0 Å². The number of hydrogen-bond acceptors (Lipinski definition) is 6. The minimum atomic E-state index is -3.87. The van der Waals surface area contributed by atoms with Crippen LogP contribution in [0.2, 0.25) is 0 Å². The van der Waals surface area contributed by atoms with Gasteiger partial charge in [0.15, 0.2) is 6.10 Å². The van der Waals surface area contributed by atoms with Gasteiger partial charge in [-0.15, -0.1) is 11.3 Å². The van der Waals surface area contributed by atoms with Crippen LogP contribution in [-0.4, -0.2) is 26.4 Å². The van der Waals surface area contributed by atoms with E-state index < -0.39 is 28.0 Å². The second kappa shape index (κ2) is 7.18. The number of nitrogens with one attached hydrogen (secondary N) is 1. The fourth-order valence-corrected chi connectivity index (χ4v) is 4.39. The largest absolute Gasteiger partial charge is 0.448 e. The van der Waals surface area contributed by atoms with E-state index in [2.05, 4.69) is 5.32 Å². The maximum absolute atomic E-state index is 12.2. The van der Waals surface area contributed by atoms with Crippen LogP contribution in [0.4, 0.5) is 5.69 Å². The zero-order chi connectivity index (χ0) is 18.9. The molecule has 1 unspecified atom stereocenters. The first kappa shape index (κ1) is 18.6. The highest BCUT2D eigenvalue weighted by Gasteiger charge is 2.23. The van der Waals surface area contributed by atoms with E-state index in [0.29, 0.717) is 4.88 Å². The molecule has 1 aromatic carbocycles. The molecule has 1 amide bonds. The summed E-state index contributed by atoms with van der Waals surface area (Å²) in [5.41, 5.74) is 1.43. The number of benzene rings is 1. The molecule has 138 valence electrons. The average Bonchev–Trinajstić information content (AvgIpc) is 3.15. The Hall–Kier alpha value is -2.23. The molecule has 2 aromatic rings. The Kier molecular flexibility index (Phi) is 5.12. The van der Waals surface area contributed by atoms with Crippen molar-refractivity contribution < 1.29 is 22.7 Å². The zero-order valence-electron chi connectivity index (χ0n) is 14.0. The van der Waals surface area contributed by atoms with E-state index in [1.807, 2.05) is 6.07 Å². The van der Waals surface area contributed by atoms with Gasteiger partial charge in [-0.25, -0.2) is 18.4 Å². The third-order valence-electron chi connectivity index (χ3n) is 4.03. The van der Waals surface area contributed by atoms with Crippen molar-refractivity contribution in [2.45, 2.75) is 37.2 Å². The number of anilines is 1. The van der Waals surface area contributed by atoms with Crippen molar-refractivity contribution in [3.8, 4) is 0 Å². The molecular formula is C17H18N2O5S2. The molecule has 0 saturated heterocycles. The van der Waals surface area contributed by atoms with Crippen LogP contribution >= 0.6 is 11.3 Å². The number of aryl methyl sites for hydroxylation is 2. The number of rotatable bonds is 5. The molecule has 3 rings (SSSR count). The van der Waals surface area contributed by atoms with Crippen LogP contribution in [0.5, 0.6) is 0 Å². The van der Waals surface area contributed by atoms with E-state index in [-0.39, 0.29) is 10.6 Å². The van der Waals surface area contributed by atoms with E-state index in [1.54, 1.807) is 0 Å². The number of carbonyl (C=O) groups is 2. The summed E-state index contributed by atoms with van der Waals surface area (Å²) >= 11 is 1.41. The average molecular weight is 394 g/mol. The molecule has 7 nitrogen and oxygen atoms in total. The zero-order valence-corrected chi connectivity index (χ0v) is 15.7. The molecule has 0 bridgehead atoms. The Balaban J connectivity index is 1.63. The molecule has 0 spiro atoms. The van der Waals surface area contributed by atoms with Crippen LogP contribution in [0.3, 0.4) is 0 Å². The molecule has 9 heteroatoms. The van der Waals surface area contributed by atoms with E-state index in [4.69, 9.17) is 9.88 Å². The number of hydrogen-bond donors (Lipinski definition) is 2. The molecule has 1 aliphatic rings. The standard InChI is InChI=1S/C17H18N2O5S2/c1-10(24-17(21)15-8-11-4-2-7-14(11)25-15)16(20)19-12-5-3-6-13(9-12)26(18,22)23/h3,5-6,8-10H,2,4,7H2,1H3,(H,19,20)(H2,18,22,23). The second-order valence-corrected chi connectivity index (χ2v) is 8.72. The lowest BCUT2D eigenvalue weighted by Crippen LogP contribution is -2.29. The summed E-state index contributed by atoms with van der Waals surface area (Å²) in [5.74, 6) is -1.10. The Morgan fingerprint density at radius 2 is 2.04 bits per heavy atom. The van der Waals surface area contributed by atoms with Gasteiger partial charge in [0.2, 0.25) is 10.0 Å². The maximum Gasteiger partial charge on any atom is 0.349 e. The van der Waals surface area contributed by atoms with Gasteiger partial charge >= 0.3 is 5.97 Å². The molecule has 0 radical (unpaired) electrons. The molecule has 1 aromatic heterocycles. The molecular weight excluding hydrogens is 376 g/mol. The van der Waals surface area contributed by atoms with Gasteiger partial charge in [-0.05, 0) is 56.0 Å². The molecule has 0 saturated carbocycles. The number of esters is 1. The summed E-state index contributed by atoms with van der Waals surface area (Å²) in [6, 6.07) is 7.37. The number of sulfonamides is 1. The normalized spacial score (nSPS) is 14.5. The highest BCUT2D eigenvalue weighted by atomic mass is 32.2. The highest BCUT2D eigenvalue weighted by Crippen LogP contribution is 2.31. The predicted octanol–water partition coefficient (Wildman–Crippen LogP) is 2.07. The Bertz CT molecular complexity index is 944. The third kappa shape index (κ3) is 4.12. The number of fused-ring (bicyclic) bond motifs is 1. The van der Waals surface area contributed by atoms with Gasteiger partial charge in [0.05, 0.1) is 4.90 Å². The fraction of sp³-hybridized carbons (Fsp3) is 0.294. The van der Waals surface area contributed by atoms with Crippen molar-refractivity contribution in [3.05, 3.63) is 45.6 Å². The summed E-state index contributed by atoms with van der Waals surface area (Å²) in [6.45, 7) is 1.46. The lowest BCUT2D eigenvalue weighted by atomic mass is 10.2. The molecule has 0 aliphatic heterocycles. The van der Waals surface area contributed by atoms with Gasteiger partial charge in [-0.2, -0.15) is 0 Å². The van der Waals surface area contributed by atoms with Crippen molar-refractivity contribution in [3.63, 3.8) is 0 Å². The van der Waals surface area contributed by atoms with Crippen LogP contribution in [-0.2, 0) is 32.4 Å². The number of nitrogens with two attached hydrogens (primary N) is 1. The summed E-state index contributed by atoms with van der Waals surface area (Å²) in [7, 11) is -3.87. The van der Waals surface area contributed by atoms with Crippen molar-refractivity contribution in [2.75, 3.05) is 5.32 Å². The van der Waals surface area contributed by atoms with Gasteiger partial charge in [-0.1, -0.05) is 6.07 Å². The van der Waals surface area contributed by atoms with Crippen LogP contribution < -0.4 is 10.5 Å². The van der Waals surface area contributed by atoms with Gasteiger partial charge < -0.3 is 10.1 Å². The lowest BCUT2D eigenvalue weighted by Gasteiger charge is -2.13. The fourth-order valence-electron chi connectivity index (χ4n) is 2.70. The summed E-state index contributed by atoms with van der Waals surface area (Å²) < 4.78 is 27.9. The smallest absolute Gasteiger partial charge is 0.349 e.